The highest BCUT2D eigenvalue weighted by Gasteiger charge is 2.16. The molecule has 0 aliphatic rings. The van der Waals surface area contributed by atoms with Crippen LogP contribution in [-0.2, 0) is 0 Å². The summed E-state index contributed by atoms with van der Waals surface area (Å²) < 4.78 is 1.40. The van der Waals surface area contributed by atoms with Gasteiger partial charge in [-0.05, 0) is 55.5 Å². The van der Waals surface area contributed by atoms with E-state index in [1.807, 2.05) is 23.1 Å². The minimum absolute atomic E-state index is 0.424. The van der Waals surface area contributed by atoms with Gasteiger partial charge in [-0.15, -0.1) is 23.1 Å². The predicted octanol–water partition coefficient (Wildman–Crippen LogP) is 5.12. The van der Waals surface area contributed by atoms with Crippen molar-refractivity contribution in [3.63, 3.8) is 0 Å². The normalized spacial score (nSPS) is 12.6. The fourth-order valence-electron chi connectivity index (χ4n) is 2.74. The van der Waals surface area contributed by atoms with E-state index in [2.05, 4.69) is 62.7 Å². The van der Waals surface area contributed by atoms with E-state index in [1.54, 1.807) is 0 Å². The maximum absolute atomic E-state index is 3.65. The van der Waals surface area contributed by atoms with Crippen LogP contribution in [0.2, 0.25) is 0 Å². The Morgan fingerprint density at radius 3 is 2.45 bits per heavy atom. The molecule has 1 aromatic heterocycles. The van der Waals surface area contributed by atoms with Crippen LogP contribution >= 0.6 is 23.1 Å². The second-order valence-corrected chi connectivity index (χ2v) is 7.43. The van der Waals surface area contributed by atoms with Gasteiger partial charge in [-0.3, -0.25) is 0 Å². The first-order valence-corrected chi connectivity index (χ1v) is 8.95. The molecule has 0 saturated carbocycles. The number of hydrogen-bond acceptors (Lipinski definition) is 3. The quantitative estimate of drug-likeness (QED) is 0.744. The van der Waals surface area contributed by atoms with Crippen molar-refractivity contribution >= 4 is 23.1 Å². The van der Waals surface area contributed by atoms with E-state index in [9.17, 15) is 0 Å². The van der Waals surface area contributed by atoms with Crippen LogP contribution < -0.4 is 5.32 Å². The molecule has 1 unspecified atom stereocenters. The summed E-state index contributed by atoms with van der Waals surface area (Å²) in [4.78, 5) is 0. The van der Waals surface area contributed by atoms with Crippen LogP contribution in [0.1, 0.15) is 35.2 Å². The summed E-state index contributed by atoms with van der Waals surface area (Å²) in [5.41, 5.74) is 5.63. The summed E-state index contributed by atoms with van der Waals surface area (Å²) in [5.74, 6) is 1.08. The molecule has 0 amide bonds. The van der Waals surface area contributed by atoms with Gasteiger partial charge >= 0.3 is 0 Å². The van der Waals surface area contributed by atoms with E-state index in [1.165, 1.54) is 26.5 Å². The highest BCUT2D eigenvalue weighted by molar-refractivity contribution is 8.01. The molecule has 2 aromatic rings. The number of nitrogens with one attached hydrogen (secondary N) is 1. The van der Waals surface area contributed by atoms with E-state index in [4.69, 9.17) is 0 Å². The second-order valence-electron chi connectivity index (χ2n) is 5.17. The molecule has 108 valence electrons. The number of rotatable bonds is 6. The molecular weight excluding hydrogens is 282 g/mol. The second kappa shape index (κ2) is 7.30. The van der Waals surface area contributed by atoms with Crippen molar-refractivity contribution in [3.8, 4) is 0 Å². The summed E-state index contributed by atoms with van der Waals surface area (Å²) in [5, 5.41) is 5.79. The third-order valence-corrected chi connectivity index (χ3v) is 5.65. The standard InChI is InChI=1S/C17H23NS2/c1-5-18-15(11-20-16-7-6-8-19-16)17-13(3)9-12(2)10-14(17)4/h6-10,15,18H,5,11H2,1-4H3. The lowest BCUT2D eigenvalue weighted by molar-refractivity contribution is 0.600. The van der Waals surface area contributed by atoms with Crippen LogP contribution in [0.25, 0.3) is 0 Å². The first kappa shape index (κ1) is 15.6. The molecule has 1 heterocycles. The van der Waals surface area contributed by atoms with Crippen LogP contribution in [0.5, 0.6) is 0 Å². The molecule has 1 atom stereocenters. The van der Waals surface area contributed by atoms with Gasteiger partial charge in [-0.2, -0.15) is 0 Å². The molecule has 0 aliphatic carbocycles. The van der Waals surface area contributed by atoms with E-state index in [0.29, 0.717) is 6.04 Å². The molecule has 0 aliphatic heterocycles. The van der Waals surface area contributed by atoms with Crippen molar-refractivity contribution < 1.29 is 0 Å². The molecule has 0 fully saturated rings. The summed E-state index contributed by atoms with van der Waals surface area (Å²) in [6.07, 6.45) is 0. The van der Waals surface area contributed by atoms with Gasteiger partial charge in [0.15, 0.2) is 0 Å². The van der Waals surface area contributed by atoms with Gasteiger partial charge in [0.05, 0.1) is 4.21 Å². The molecule has 0 radical (unpaired) electrons. The molecular formula is C17H23NS2. The van der Waals surface area contributed by atoms with Crippen molar-refractivity contribution in [2.45, 2.75) is 37.9 Å². The number of aryl methyl sites for hydroxylation is 3. The Bertz CT molecular complexity index is 523. The predicted molar refractivity (Wildman–Crippen MR) is 92.1 cm³/mol. The van der Waals surface area contributed by atoms with Gasteiger partial charge in [-0.1, -0.05) is 30.7 Å². The lowest BCUT2D eigenvalue weighted by Gasteiger charge is -2.22. The summed E-state index contributed by atoms with van der Waals surface area (Å²) in [7, 11) is 0. The molecule has 1 nitrogen and oxygen atoms in total. The lowest BCUT2D eigenvalue weighted by atomic mass is 9.95. The molecule has 2 rings (SSSR count). The minimum atomic E-state index is 0.424. The van der Waals surface area contributed by atoms with E-state index >= 15 is 0 Å². The zero-order valence-corrected chi connectivity index (χ0v) is 14.3. The Labute approximate surface area is 130 Å². The highest BCUT2D eigenvalue weighted by Crippen LogP contribution is 2.31. The van der Waals surface area contributed by atoms with E-state index in [-0.39, 0.29) is 0 Å². The first-order valence-electron chi connectivity index (χ1n) is 7.09. The molecule has 1 aromatic carbocycles. The summed E-state index contributed by atoms with van der Waals surface area (Å²) in [6, 6.07) is 9.34. The Morgan fingerprint density at radius 2 is 1.90 bits per heavy atom. The van der Waals surface area contributed by atoms with Crippen LogP contribution in [0, 0.1) is 20.8 Å². The van der Waals surface area contributed by atoms with Gasteiger partial charge in [-0.25, -0.2) is 0 Å². The highest BCUT2D eigenvalue weighted by atomic mass is 32.2. The average molecular weight is 306 g/mol. The Hall–Kier alpha value is -0.770. The average Bonchev–Trinajstić information content (AvgIpc) is 2.87. The molecule has 20 heavy (non-hydrogen) atoms. The Balaban J connectivity index is 2.19. The maximum Gasteiger partial charge on any atom is 0.0599 e. The van der Waals surface area contributed by atoms with E-state index in [0.717, 1.165) is 12.3 Å². The number of thioether (sulfide) groups is 1. The number of benzene rings is 1. The van der Waals surface area contributed by atoms with Crippen LogP contribution in [0.3, 0.4) is 0 Å². The van der Waals surface area contributed by atoms with Crippen LogP contribution in [0.4, 0.5) is 0 Å². The monoisotopic (exact) mass is 305 g/mol. The Morgan fingerprint density at radius 1 is 1.20 bits per heavy atom. The van der Waals surface area contributed by atoms with Gasteiger partial charge in [0, 0.05) is 11.8 Å². The zero-order chi connectivity index (χ0) is 14.5. The third kappa shape index (κ3) is 3.87. The molecule has 0 bridgehead atoms. The van der Waals surface area contributed by atoms with Gasteiger partial charge in [0.1, 0.15) is 0 Å². The third-order valence-electron chi connectivity index (χ3n) is 3.42. The zero-order valence-electron chi connectivity index (χ0n) is 12.7. The SMILES string of the molecule is CCNC(CSc1cccs1)c1c(C)cc(C)cc1C. The lowest BCUT2D eigenvalue weighted by Crippen LogP contribution is -2.24. The maximum atomic E-state index is 3.65. The van der Waals surface area contributed by atoms with Gasteiger partial charge in [0.25, 0.3) is 0 Å². The molecule has 1 N–H and O–H groups in total. The largest absolute Gasteiger partial charge is 0.309 e. The smallest absolute Gasteiger partial charge is 0.0599 e. The molecule has 0 saturated heterocycles. The van der Waals surface area contributed by atoms with Crippen molar-refractivity contribution in [2.24, 2.45) is 0 Å². The van der Waals surface area contributed by atoms with Gasteiger partial charge in [0.2, 0.25) is 0 Å². The fourth-order valence-corrected chi connectivity index (χ4v) is 4.62. The van der Waals surface area contributed by atoms with Crippen molar-refractivity contribution in [2.75, 3.05) is 12.3 Å². The topological polar surface area (TPSA) is 12.0 Å². The minimum Gasteiger partial charge on any atom is -0.309 e. The fraction of sp³-hybridized carbons (Fsp3) is 0.412. The number of thiophene rings is 1. The van der Waals surface area contributed by atoms with Gasteiger partial charge < -0.3 is 5.32 Å². The van der Waals surface area contributed by atoms with Crippen molar-refractivity contribution in [1.82, 2.24) is 5.32 Å². The van der Waals surface area contributed by atoms with E-state index < -0.39 is 0 Å². The molecule has 3 heteroatoms. The van der Waals surface area contributed by atoms with Crippen LogP contribution in [0.15, 0.2) is 33.9 Å². The first-order chi connectivity index (χ1) is 9.61. The number of hydrogen-bond donors (Lipinski definition) is 1. The van der Waals surface area contributed by atoms with Crippen LogP contribution in [-0.4, -0.2) is 12.3 Å². The van der Waals surface area contributed by atoms with Crippen molar-refractivity contribution in [1.29, 1.82) is 0 Å². The molecule has 0 spiro atoms. The summed E-state index contributed by atoms with van der Waals surface area (Å²) in [6.45, 7) is 9.82. The summed E-state index contributed by atoms with van der Waals surface area (Å²) >= 11 is 3.77. The Kier molecular flexibility index (Phi) is 5.70. The van der Waals surface area contributed by atoms with Crippen molar-refractivity contribution in [3.05, 3.63) is 51.9 Å².